The van der Waals surface area contributed by atoms with Crippen molar-refractivity contribution in [1.82, 2.24) is 15.5 Å². The predicted octanol–water partition coefficient (Wildman–Crippen LogP) is 3.51. The fourth-order valence-corrected chi connectivity index (χ4v) is 2.24. The Hall–Kier alpha value is -2.46. The average molecular weight is 281 g/mol. The molecule has 0 radical (unpaired) electrons. The zero-order valence-electron chi connectivity index (χ0n) is 11.5. The summed E-state index contributed by atoms with van der Waals surface area (Å²) >= 11 is 0. The molecule has 0 unspecified atom stereocenters. The molecule has 1 aromatic heterocycles. The van der Waals surface area contributed by atoms with E-state index in [1.165, 1.54) is 12.1 Å². The van der Waals surface area contributed by atoms with Gasteiger partial charge in [0.2, 0.25) is 0 Å². The number of halogens is 1. The van der Waals surface area contributed by atoms with Gasteiger partial charge in [-0.05, 0) is 23.3 Å². The molecule has 0 bridgehead atoms. The fourth-order valence-electron chi connectivity index (χ4n) is 2.24. The third-order valence-corrected chi connectivity index (χ3v) is 3.34. The van der Waals surface area contributed by atoms with Gasteiger partial charge in [0.1, 0.15) is 5.82 Å². The summed E-state index contributed by atoms with van der Waals surface area (Å²) < 4.78 is 12.8. The highest BCUT2D eigenvalue weighted by Crippen LogP contribution is 2.20. The van der Waals surface area contributed by atoms with E-state index in [0.29, 0.717) is 13.1 Å². The van der Waals surface area contributed by atoms with Crippen molar-refractivity contribution in [3.05, 3.63) is 77.7 Å². The van der Waals surface area contributed by atoms with E-state index in [-0.39, 0.29) is 5.82 Å². The lowest BCUT2D eigenvalue weighted by Gasteiger charge is -2.06. The van der Waals surface area contributed by atoms with Gasteiger partial charge in [-0.15, -0.1) is 0 Å². The topological polar surface area (TPSA) is 40.7 Å². The van der Waals surface area contributed by atoms with Gasteiger partial charge in [0, 0.05) is 18.7 Å². The first kappa shape index (κ1) is 13.5. The van der Waals surface area contributed by atoms with Crippen molar-refractivity contribution >= 4 is 0 Å². The van der Waals surface area contributed by atoms with Crippen LogP contribution in [0.5, 0.6) is 0 Å². The van der Waals surface area contributed by atoms with Gasteiger partial charge in [-0.1, -0.05) is 42.5 Å². The minimum Gasteiger partial charge on any atom is -0.308 e. The van der Waals surface area contributed by atoms with Gasteiger partial charge >= 0.3 is 0 Å². The summed E-state index contributed by atoms with van der Waals surface area (Å²) in [4.78, 5) is 0. The molecule has 0 aliphatic rings. The standard InChI is InChI=1S/C17H16FN3/c18-16-8-6-13(7-9-16)10-19-11-15-12-20-21-17(15)14-4-2-1-3-5-14/h1-9,12,19H,10-11H2,(H,20,21). The second-order valence-corrected chi connectivity index (χ2v) is 4.87. The van der Waals surface area contributed by atoms with E-state index in [1.54, 1.807) is 12.1 Å². The summed E-state index contributed by atoms with van der Waals surface area (Å²) in [6, 6.07) is 16.6. The smallest absolute Gasteiger partial charge is 0.123 e. The Kier molecular flexibility index (Phi) is 4.07. The molecular weight excluding hydrogens is 265 g/mol. The molecular formula is C17H16FN3. The molecule has 21 heavy (non-hydrogen) atoms. The Labute approximate surface area is 122 Å². The van der Waals surface area contributed by atoms with Crippen LogP contribution in [0, 0.1) is 5.82 Å². The van der Waals surface area contributed by atoms with E-state index in [0.717, 1.165) is 22.4 Å². The third kappa shape index (κ3) is 3.35. The molecule has 0 saturated heterocycles. The van der Waals surface area contributed by atoms with Crippen molar-refractivity contribution in [2.24, 2.45) is 0 Å². The maximum Gasteiger partial charge on any atom is 0.123 e. The lowest BCUT2D eigenvalue weighted by Crippen LogP contribution is -2.12. The molecule has 3 aromatic rings. The van der Waals surface area contributed by atoms with Crippen LogP contribution in [-0.4, -0.2) is 10.2 Å². The molecule has 0 aliphatic carbocycles. The minimum absolute atomic E-state index is 0.208. The van der Waals surface area contributed by atoms with Crippen LogP contribution in [0.1, 0.15) is 11.1 Å². The van der Waals surface area contributed by atoms with Crippen molar-refractivity contribution in [2.45, 2.75) is 13.1 Å². The van der Waals surface area contributed by atoms with Crippen LogP contribution < -0.4 is 5.32 Å². The highest BCUT2D eigenvalue weighted by molar-refractivity contribution is 5.62. The van der Waals surface area contributed by atoms with Crippen LogP contribution >= 0.6 is 0 Å². The van der Waals surface area contributed by atoms with E-state index in [1.807, 2.05) is 24.4 Å². The van der Waals surface area contributed by atoms with E-state index in [9.17, 15) is 4.39 Å². The second-order valence-electron chi connectivity index (χ2n) is 4.87. The summed E-state index contributed by atoms with van der Waals surface area (Å²) in [6.07, 6.45) is 1.83. The quantitative estimate of drug-likeness (QED) is 0.751. The first-order chi connectivity index (χ1) is 10.3. The first-order valence-electron chi connectivity index (χ1n) is 6.86. The number of aromatic nitrogens is 2. The summed E-state index contributed by atoms with van der Waals surface area (Å²) in [6.45, 7) is 1.40. The van der Waals surface area contributed by atoms with Gasteiger partial charge in [-0.2, -0.15) is 5.10 Å². The summed E-state index contributed by atoms with van der Waals surface area (Å²) in [5.74, 6) is -0.208. The molecule has 4 heteroatoms. The van der Waals surface area contributed by atoms with Gasteiger partial charge in [0.25, 0.3) is 0 Å². The fraction of sp³-hybridized carbons (Fsp3) is 0.118. The number of nitrogens with one attached hydrogen (secondary N) is 2. The van der Waals surface area contributed by atoms with Crippen LogP contribution in [-0.2, 0) is 13.1 Å². The zero-order chi connectivity index (χ0) is 14.5. The number of H-pyrrole nitrogens is 1. The van der Waals surface area contributed by atoms with Crippen molar-refractivity contribution in [2.75, 3.05) is 0 Å². The van der Waals surface area contributed by atoms with Gasteiger partial charge in [-0.3, -0.25) is 5.10 Å². The Morgan fingerprint density at radius 1 is 0.952 bits per heavy atom. The van der Waals surface area contributed by atoms with Gasteiger partial charge in [0.05, 0.1) is 11.9 Å². The Morgan fingerprint density at radius 2 is 1.71 bits per heavy atom. The zero-order valence-corrected chi connectivity index (χ0v) is 11.5. The summed E-state index contributed by atoms with van der Waals surface area (Å²) in [5.41, 5.74) is 4.32. The van der Waals surface area contributed by atoms with E-state index in [2.05, 4.69) is 27.6 Å². The highest BCUT2D eigenvalue weighted by Gasteiger charge is 2.06. The maximum absolute atomic E-state index is 12.8. The summed E-state index contributed by atoms with van der Waals surface area (Å²) in [7, 11) is 0. The second kappa shape index (κ2) is 6.33. The van der Waals surface area contributed by atoms with Crippen LogP contribution in [0.15, 0.2) is 60.8 Å². The lowest BCUT2D eigenvalue weighted by molar-refractivity contribution is 0.625. The molecule has 0 atom stereocenters. The number of nitrogens with zero attached hydrogens (tertiary/aromatic N) is 1. The maximum atomic E-state index is 12.8. The number of rotatable bonds is 5. The molecule has 0 fully saturated rings. The molecule has 3 nitrogen and oxygen atoms in total. The molecule has 0 amide bonds. The Bertz CT molecular complexity index is 690. The number of aromatic amines is 1. The SMILES string of the molecule is Fc1ccc(CNCc2cn[nH]c2-c2ccccc2)cc1. The summed E-state index contributed by atoms with van der Waals surface area (Å²) in [5, 5.41) is 10.5. The first-order valence-corrected chi connectivity index (χ1v) is 6.86. The molecule has 0 spiro atoms. The largest absolute Gasteiger partial charge is 0.308 e. The van der Waals surface area contributed by atoms with E-state index >= 15 is 0 Å². The van der Waals surface area contributed by atoms with Crippen molar-refractivity contribution in [3.8, 4) is 11.3 Å². The van der Waals surface area contributed by atoms with Gasteiger partial charge in [-0.25, -0.2) is 4.39 Å². The van der Waals surface area contributed by atoms with Crippen LogP contribution in [0.4, 0.5) is 4.39 Å². The Balaban J connectivity index is 1.64. The molecule has 0 aliphatic heterocycles. The van der Waals surface area contributed by atoms with Crippen LogP contribution in [0.2, 0.25) is 0 Å². The Morgan fingerprint density at radius 3 is 2.48 bits per heavy atom. The highest BCUT2D eigenvalue weighted by atomic mass is 19.1. The molecule has 106 valence electrons. The normalized spacial score (nSPS) is 10.7. The molecule has 3 rings (SSSR count). The molecule has 0 saturated carbocycles. The van der Waals surface area contributed by atoms with Crippen LogP contribution in [0.3, 0.4) is 0 Å². The number of hydrogen-bond acceptors (Lipinski definition) is 2. The van der Waals surface area contributed by atoms with Gasteiger partial charge in [0.15, 0.2) is 0 Å². The number of benzene rings is 2. The van der Waals surface area contributed by atoms with Crippen LogP contribution in [0.25, 0.3) is 11.3 Å². The molecule has 2 N–H and O–H groups in total. The van der Waals surface area contributed by atoms with E-state index in [4.69, 9.17) is 0 Å². The molecule has 2 aromatic carbocycles. The third-order valence-electron chi connectivity index (χ3n) is 3.34. The monoisotopic (exact) mass is 281 g/mol. The van der Waals surface area contributed by atoms with Crippen molar-refractivity contribution in [1.29, 1.82) is 0 Å². The number of hydrogen-bond donors (Lipinski definition) is 2. The average Bonchev–Trinajstić information content (AvgIpc) is 2.99. The van der Waals surface area contributed by atoms with Crippen molar-refractivity contribution in [3.63, 3.8) is 0 Å². The van der Waals surface area contributed by atoms with Gasteiger partial charge < -0.3 is 5.32 Å². The van der Waals surface area contributed by atoms with E-state index < -0.39 is 0 Å². The van der Waals surface area contributed by atoms with Crippen molar-refractivity contribution < 1.29 is 4.39 Å². The lowest BCUT2D eigenvalue weighted by atomic mass is 10.1. The minimum atomic E-state index is -0.208. The predicted molar refractivity (Wildman–Crippen MR) is 81.0 cm³/mol. The molecule has 1 heterocycles.